The molecule has 7 rings (SSSR count). The molecule has 2 aliphatic carbocycles. The summed E-state index contributed by atoms with van der Waals surface area (Å²) in [6.45, 7) is 1.98. The van der Waals surface area contributed by atoms with Crippen molar-refractivity contribution in [1.82, 2.24) is 14.8 Å². The lowest BCUT2D eigenvalue weighted by Gasteiger charge is -2.24. The van der Waals surface area contributed by atoms with Gasteiger partial charge in [0.1, 0.15) is 17.2 Å². The minimum atomic E-state index is -0.647. The number of aromatic amines is 1. The lowest BCUT2D eigenvalue weighted by Crippen LogP contribution is -2.41. The number of aliphatic imine (C=N–C) groups is 1. The molecular weight excluding hydrogens is 443 g/mol. The van der Waals surface area contributed by atoms with Gasteiger partial charge in [-0.05, 0) is 73.2 Å². The van der Waals surface area contributed by atoms with Gasteiger partial charge in [0, 0.05) is 48.4 Å². The van der Waals surface area contributed by atoms with E-state index < -0.39 is 5.54 Å². The smallest absolute Gasteiger partial charge is 0.256 e. The summed E-state index contributed by atoms with van der Waals surface area (Å²) in [6, 6.07) is 13.0. The average Bonchev–Trinajstić information content (AvgIpc) is 3.74. The zero-order valence-electron chi connectivity index (χ0n) is 19.5. The molecule has 6 nitrogen and oxygen atoms in total. The maximum atomic E-state index is 15.4. The second-order valence-electron chi connectivity index (χ2n) is 10.6. The van der Waals surface area contributed by atoms with Crippen molar-refractivity contribution in [2.24, 2.45) is 16.8 Å². The van der Waals surface area contributed by atoms with Crippen molar-refractivity contribution in [1.29, 1.82) is 0 Å². The molecule has 1 saturated heterocycles. The maximum Gasteiger partial charge on any atom is 0.256 e. The van der Waals surface area contributed by atoms with Gasteiger partial charge in [-0.2, -0.15) is 0 Å². The number of nitrogens with one attached hydrogen (secondary N) is 1. The number of hydrogen-bond donors (Lipinski definition) is 1. The van der Waals surface area contributed by atoms with Crippen molar-refractivity contribution in [3.8, 4) is 11.1 Å². The second kappa shape index (κ2) is 7.51. The van der Waals surface area contributed by atoms with Gasteiger partial charge in [0.15, 0.2) is 0 Å². The van der Waals surface area contributed by atoms with Crippen molar-refractivity contribution < 1.29 is 14.0 Å². The van der Waals surface area contributed by atoms with Crippen molar-refractivity contribution in [3.63, 3.8) is 0 Å². The highest BCUT2D eigenvalue weighted by Crippen LogP contribution is 2.46. The van der Waals surface area contributed by atoms with Gasteiger partial charge in [0.25, 0.3) is 5.91 Å². The van der Waals surface area contributed by atoms with E-state index in [-0.39, 0.29) is 29.5 Å². The van der Waals surface area contributed by atoms with E-state index in [0.717, 1.165) is 55.1 Å². The third-order valence-corrected chi connectivity index (χ3v) is 8.00. The van der Waals surface area contributed by atoms with Crippen LogP contribution in [0.4, 0.5) is 4.39 Å². The number of halogens is 1. The Kier molecular flexibility index (Phi) is 4.47. The van der Waals surface area contributed by atoms with Crippen LogP contribution in [0.15, 0.2) is 53.7 Å². The largest absolute Gasteiger partial charge is 0.361 e. The highest BCUT2D eigenvalue weighted by atomic mass is 19.1. The number of fused-ring (bicyclic) bond motifs is 1. The summed E-state index contributed by atoms with van der Waals surface area (Å²) in [5, 5.41) is 1.03. The first-order valence-electron chi connectivity index (χ1n) is 12.6. The Morgan fingerprint density at radius 2 is 1.91 bits per heavy atom. The number of carbonyl (C=O) groups excluding carboxylic acids is 2. The van der Waals surface area contributed by atoms with Gasteiger partial charge in [-0.15, -0.1) is 0 Å². The molecule has 35 heavy (non-hydrogen) atoms. The number of benzene rings is 2. The highest BCUT2D eigenvalue weighted by molar-refractivity contribution is 6.16. The molecule has 3 aromatic rings. The summed E-state index contributed by atoms with van der Waals surface area (Å²) >= 11 is 0. The zero-order chi connectivity index (χ0) is 23.7. The molecule has 0 bridgehead atoms. The van der Waals surface area contributed by atoms with E-state index in [4.69, 9.17) is 4.99 Å². The zero-order valence-corrected chi connectivity index (χ0v) is 19.5. The molecule has 1 N–H and O–H groups in total. The van der Waals surface area contributed by atoms with Crippen molar-refractivity contribution in [2.75, 3.05) is 19.6 Å². The second-order valence-corrected chi connectivity index (χ2v) is 10.6. The lowest BCUT2D eigenvalue weighted by atomic mass is 10.0. The minimum Gasteiger partial charge on any atom is -0.361 e. The van der Waals surface area contributed by atoms with Gasteiger partial charge in [-0.3, -0.25) is 19.5 Å². The Morgan fingerprint density at radius 3 is 2.69 bits per heavy atom. The third-order valence-electron chi connectivity index (χ3n) is 8.00. The Hall–Kier alpha value is -3.48. The predicted molar refractivity (Wildman–Crippen MR) is 131 cm³/mol. The van der Waals surface area contributed by atoms with Crippen LogP contribution in [0.1, 0.15) is 37.7 Å². The number of carbonyl (C=O) groups is 2. The Bertz CT molecular complexity index is 1400. The van der Waals surface area contributed by atoms with E-state index in [2.05, 4.69) is 4.98 Å². The fraction of sp³-hybridized carbons (Fsp3) is 0.393. The molecule has 2 saturated carbocycles. The fourth-order valence-electron chi connectivity index (χ4n) is 5.63. The molecule has 4 aliphatic rings. The number of aromatic nitrogens is 1. The molecule has 1 spiro atoms. The van der Waals surface area contributed by atoms with E-state index in [0.29, 0.717) is 30.1 Å². The van der Waals surface area contributed by atoms with E-state index >= 15 is 4.39 Å². The van der Waals surface area contributed by atoms with Crippen molar-refractivity contribution in [3.05, 3.63) is 60.0 Å². The van der Waals surface area contributed by atoms with Crippen LogP contribution in [0.5, 0.6) is 0 Å². The Labute approximate surface area is 202 Å². The molecular formula is C28H27FN4O2. The van der Waals surface area contributed by atoms with Crippen molar-refractivity contribution >= 4 is 28.6 Å². The molecule has 2 aromatic carbocycles. The minimum absolute atomic E-state index is 0.0295. The molecule has 2 amide bonds. The number of rotatable bonds is 5. The highest BCUT2D eigenvalue weighted by Gasteiger charge is 2.57. The monoisotopic (exact) mass is 470 g/mol. The SMILES string of the molecule is O=C(C1CC1)N1CC[C@@H](CN2C(=O)C3(CC3)N=C2c2ccc(-c3ccc4[nH]ccc4c3)c(F)c2)C1. The van der Waals surface area contributed by atoms with Crippen molar-refractivity contribution in [2.45, 2.75) is 37.6 Å². The van der Waals surface area contributed by atoms with E-state index in [1.807, 2.05) is 41.4 Å². The summed E-state index contributed by atoms with van der Waals surface area (Å²) in [4.78, 5) is 37.5. The molecule has 1 aromatic heterocycles. The van der Waals surface area contributed by atoms with Gasteiger partial charge in [0.2, 0.25) is 5.91 Å². The van der Waals surface area contributed by atoms with Gasteiger partial charge in [-0.25, -0.2) is 4.39 Å². The third kappa shape index (κ3) is 3.48. The normalized spacial score (nSPS) is 22.9. The Balaban J connectivity index is 1.15. The van der Waals surface area contributed by atoms with Crippen LogP contribution < -0.4 is 0 Å². The summed E-state index contributed by atoms with van der Waals surface area (Å²) in [5.41, 5.74) is 2.34. The van der Waals surface area contributed by atoms with Gasteiger partial charge >= 0.3 is 0 Å². The molecule has 3 fully saturated rings. The summed E-state index contributed by atoms with van der Waals surface area (Å²) < 4.78 is 15.4. The molecule has 0 radical (unpaired) electrons. The number of H-pyrrole nitrogens is 1. The number of amidine groups is 1. The number of nitrogens with zero attached hydrogens (tertiary/aromatic N) is 3. The maximum absolute atomic E-state index is 15.4. The number of amides is 2. The van der Waals surface area contributed by atoms with Crippen LogP contribution in [0, 0.1) is 17.7 Å². The van der Waals surface area contributed by atoms with Crippen LogP contribution >= 0.6 is 0 Å². The van der Waals surface area contributed by atoms with Gasteiger partial charge < -0.3 is 9.88 Å². The van der Waals surface area contributed by atoms with Crippen LogP contribution in [-0.2, 0) is 9.59 Å². The van der Waals surface area contributed by atoms with Crippen LogP contribution in [-0.4, -0.2) is 57.6 Å². The molecule has 0 unspecified atom stereocenters. The first kappa shape index (κ1) is 20.9. The van der Waals surface area contributed by atoms with Crippen LogP contribution in [0.2, 0.25) is 0 Å². The summed E-state index contributed by atoms with van der Waals surface area (Å²) in [5.74, 6) is 0.980. The van der Waals surface area contributed by atoms with Gasteiger partial charge in [0.05, 0.1) is 0 Å². The first-order valence-corrected chi connectivity index (χ1v) is 12.6. The summed E-state index contributed by atoms with van der Waals surface area (Å²) in [6.07, 6.45) is 6.27. The lowest BCUT2D eigenvalue weighted by molar-refractivity contribution is -0.131. The van der Waals surface area contributed by atoms with Crippen LogP contribution in [0.3, 0.4) is 0 Å². The molecule has 2 aliphatic heterocycles. The standard InChI is InChI=1S/C28H27FN4O2/c29-23-14-21(3-5-22(23)19-4-6-24-20(13-19)7-11-30-24)25-31-28(9-10-28)27(35)33(25)16-17-8-12-32(15-17)26(34)18-1-2-18/h3-7,11,13-14,17-18,30H,1-2,8-10,12,15-16H2/t17-/m1/s1. The quantitative estimate of drug-likeness (QED) is 0.602. The number of likely N-dealkylation sites (tertiary alicyclic amines) is 1. The first-order chi connectivity index (χ1) is 17.0. The van der Waals surface area contributed by atoms with E-state index in [1.54, 1.807) is 11.0 Å². The molecule has 178 valence electrons. The average molecular weight is 471 g/mol. The fourth-order valence-corrected chi connectivity index (χ4v) is 5.63. The molecule has 7 heteroatoms. The van der Waals surface area contributed by atoms with E-state index in [9.17, 15) is 9.59 Å². The van der Waals surface area contributed by atoms with Gasteiger partial charge in [-0.1, -0.05) is 18.2 Å². The molecule has 1 atom stereocenters. The Morgan fingerprint density at radius 1 is 1.09 bits per heavy atom. The van der Waals surface area contributed by atoms with Crippen LogP contribution in [0.25, 0.3) is 22.0 Å². The van der Waals surface area contributed by atoms with E-state index in [1.165, 1.54) is 6.07 Å². The predicted octanol–water partition coefficient (Wildman–Crippen LogP) is 4.35. The topological polar surface area (TPSA) is 68.8 Å². The molecule has 3 heterocycles. The summed E-state index contributed by atoms with van der Waals surface area (Å²) in [7, 11) is 0. The number of hydrogen-bond acceptors (Lipinski definition) is 3.